The van der Waals surface area contributed by atoms with E-state index in [2.05, 4.69) is 0 Å². The lowest BCUT2D eigenvalue weighted by Crippen LogP contribution is -2.47. The first kappa shape index (κ1) is 18.9. The molecule has 0 radical (unpaired) electrons. The lowest BCUT2D eigenvalue weighted by atomic mass is 10.0. The average Bonchev–Trinajstić information content (AvgIpc) is 2.63. The monoisotopic (exact) mass is 324 g/mol. The zero-order chi connectivity index (χ0) is 18.0. The molecule has 23 heavy (non-hydrogen) atoms. The Hall–Kier alpha value is -2.10. The number of amides is 2. The molecule has 2 amide bonds. The minimum absolute atomic E-state index is 0.0581. The van der Waals surface area contributed by atoms with Crippen molar-refractivity contribution >= 4 is 18.0 Å². The molecule has 1 heterocycles. The molecular formula is C16H24N2O5. The topological polar surface area (TPSA) is 96.7 Å². The summed E-state index contributed by atoms with van der Waals surface area (Å²) in [4.78, 5) is 37.8. The Balaban J connectivity index is 3.04. The molecule has 2 atom stereocenters. The number of carbonyl (C=O) groups excluding carboxylic acids is 3. The van der Waals surface area contributed by atoms with Gasteiger partial charge in [-0.25, -0.2) is 14.5 Å². The van der Waals surface area contributed by atoms with Gasteiger partial charge in [-0.1, -0.05) is 0 Å². The van der Waals surface area contributed by atoms with Crippen LogP contribution >= 0.6 is 0 Å². The van der Waals surface area contributed by atoms with E-state index in [0.717, 1.165) is 4.90 Å². The van der Waals surface area contributed by atoms with Gasteiger partial charge >= 0.3 is 12.1 Å². The number of hydrogen-bond acceptors (Lipinski definition) is 6. The van der Waals surface area contributed by atoms with Gasteiger partial charge in [0, 0.05) is 6.42 Å². The largest absolute Gasteiger partial charge is 0.458 e. The number of esters is 1. The summed E-state index contributed by atoms with van der Waals surface area (Å²) < 4.78 is 10.5. The maximum Gasteiger partial charge on any atom is 0.417 e. The highest BCUT2D eigenvalue weighted by atomic mass is 16.6. The van der Waals surface area contributed by atoms with E-state index in [1.165, 1.54) is 0 Å². The van der Waals surface area contributed by atoms with Gasteiger partial charge < -0.3 is 9.47 Å². The summed E-state index contributed by atoms with van der Waals surface area (Å²) in [6.45, 7) is 10.1. The van der Waals surface area contributed by atoms with E-state index < -0.39 is 41.1 Å². The fraction of sp³-hybridized carbons (Fsp3) is 0.750. The zero-order valence-corrected chi connectivity index (χ0v) is 14.5. The highest BCUT2D eigenvalue weighted by molar-refractivity contribution is 6.00. The molecule has 0 aromatic heterocycles. The Morgan fingerprint density at radius 2 is 1.70 bits per heavy atom. The Morgan fingerprint density at radius 1 is 1.17 bits per heavy atom. The smallest absolute Gasteiger partial charge is 0.417 e. The number of carbonyl (C=O) groups is 3. The molecule has 1 aliphatic heterocycles. The van der Waals surface area contributed by atoms with E-state index in [0.29, 0.717) is 0 Å². The normalized spacial score (nSPS) is 21.8. The highest BCUT2D eigenvalue weighted by Gasteiger charge is 2.49. The maximum absolute atomic E-state index is 12.4. The molecule has 0 saturated carbocycles. The fourth-order valence-electron chi connectivity index (χ4n) is 2.21. The van der Waals surface area contributed by atoms with Crippen LogP contribution in [0.1, 0.15) is 54.4 Å². The first-order chi connectivity index (χ1) is 10.4. The second-order valence-electron chi connectivity index (χ2n) is 7.53. The Bertz CT molecular complexity index is 536. The molecule has 0 aromatic rings. The molecule has 1 fully saturated rings. The van der Waals surface area contributed by atoms with E-state index in [1.54, 1.807) is 41.5 Å². The second-order valence-corrected chi connectivity index (χ2v) is 7.53. The van der Waals surface area contributed by atoms with Gasteiger partial charge in [0.1, 0.15) is 17.2 Å². The predicted molar refractivity (Wildman–Crippen MR) is 81.1 cm³/mol. The van der Waals surface area contributed by atoms with Crippen molar-refractivity contribution in [3.8, 4) is 6.07 Å². The number of nitrogens with zero attached hydrogens (tertiary/aromatic N) is 2. The van der Waals surface area contributed by atoms with Crippen LogP contribution in [0.4, 0.5) is 4.79 Å². The fourth-order valence-corrected chi connectivity index (χ4v) is 2.21. The number of imide groups is 1. The Labute approximate surface area is 136 Å². The third-order valence-electron chi connectivity index (χ3n) is 3.01. The lowest BCUT2D eigenvalue weighted by molar-refractivity contribution is -0.161. The van der Waals surface area contributed by atoms with Crippen LogP contribution in [0, 0.1) is 17.2 Å². The van der Waals surface area contributed by atoms with Crippen molar-refractivity contribution in [2.24, 2.45) is 5.92 Å². The minimum Gasteiger partial charge on any atom is -0.458 e. The third kappa shape index (κ3) is 5.23. The second kappa shape index (κ2) is 6.57. The molecule has 128 valence electrons. The number of likely N-dealkylation sites (tertiary alicyclic amines) is 1. The molecule has 1 rings (SSSR count). The molecule has 0 aliphatic carbocycles. The van der Waals surface area contributed by atoms with Gasteiger partial charge in [-0.15, -0.1) is 0 Å². The number of rotatable bonds is 2. The van der Waals surface area contributed by atoms with Crippen molar-refractivity contribution in [2.45, 2.75) is 71.6 Å². The van der Waals surface area contributed by atoms with E-state index in [4.69, 9.17) is 14.7 Å². The molecule has 0 bridgehead atoms. The van der Waals surface area contributed by atoms with E-state index in [-0.39, 0.29) is 12.8 Å². The van der Waals surface area contributed by atoms with E-state index >= 15 is 0 Å². The van der Waals surface area contributed by atoms with Crippen molar-refractivity contribution in [1.29, 1.82) is 5.26 Å². The van der Waals surface area contributed by atoms with Gasteiger partial charge in [0.2, 0.25) is 5.91 Å². The van der Waals surface area contributed by atoms with Crippen molar-refractivity contribution < 1.29 is 23.9 Å². The summed E-state index contributed by atoms with van der Waals surface area (Å²) in [6.07, 6.45) is -0.878. The first-order valence-corrected chi connectivity index (χ1v) is 7.51. The third-order valence-corrected chi connectivity index (χ3v) is 3.01. The minimum atomic E-state index is -1.06. The number of hydrogen-bond donors (Lipinski definition) is 0. The predicted octanol–water partition coefficient (Wildman–Crippen LogP) is 2.39. The average molecular weight is 324 g/mol. The SMILES string of the molecule is CC(C)(C)OC(=O)[C@@H]1C[C@@H](CC#N)C(=O)N1C(=O)OC(C)(C)C. The van der Waals surface area contributed by atoms with Crippen LogP contribution in [0.25, 0.3) is 0 Å². The molecule has 1 saturated heterocycles. The zero-order valence-electron chi connectivity index (χ0n) is 14.5. The molecule has 0 aromatic carbocycles. The standard InChI is InChI=1S/C16H24N2O5/c1-15(2,3)22-13(20)11-9-10(7-8-17)12(19)18(11)14(21)23-16(4,5)6/h10-11H,7,9H2,1-6H3/t10-,11+/m1/s1. The van der Waals surface area contributed by atoms with Crippen LogP contribution in [-0.4, -0.2) is 40.1 Å². The summed E-state index contributed by atoms with van der Waals surface area (Å²) in [5.74, 6) is -1.95. The molecule has 0 unspecified atom stereocenters. The van der Waals surface area contributed by atoms with E-state index in [1.807, 2.05) is 6.07 Å². The van der Waals surface area contributed by atoms with Crippen LogP contribution < -0.4 is 0 Å². The van der Waals surface area contributed by atoms with E-state index in [9.17, 15) is 14.4 Å². The van der Waals surface area contributed by atoms with Crippen molar-refractivity contribution in [1.82, 2.24) is 4.90 Å². The summed E-state index contributed by atoms with van der Waals surface area (Å²) >= 11 is 0. The molecule has 0 N–H and O–H groups in total. The van der Waals surface area contributed by atoms with Gasteiger partial charge in [0.15, 0.2) is 0 Å². The van der Waals surface area contributed by atoms with Crippen LogP contribution in [-0.2, 0) is 19.1 Å². The van der Waals surface area contributed by atoms with Gasteiger partial charge in [-0.3, -0.25) is 4.79 Å². The van der Waals surface area contributed by atoms with Crippen molar-refractivity contribution in [3.05, 3.63) is 0 Å². The van der Waals surface area contributed by atoms with Crippen molar-refractivity contribution in [2.75, 3.05) is 0 Å². The van der Waals surface area contributed by atoms with Gasteiger partial charge in [0.05, 0.1) is 12.0 Å². The van der Waals surface area contributed by atoms with Gasteiger partial charge in [-0.2, -0.15) is 5.26 Å². The summed E-state index contributed by atoms with van der Waals surface area (Å²) in [5, 5.41) is 8.81. The molecule has 0 spiro atoms. The lowest BCUT2D eigenvalue weighted by Gasteiger charge is -2.28. The van der Waals surface area contributed by atoms with Gasteiger partial charge in [-0.05, 0) is 48.0 Å². The molecular weight excluding hydrogens is 300 g/mol. The Kier molecular flexibility index (Phi) is 5.41. The quantitative estimate of drug-likeness (QED) is 0.724. The number of nitriles is 1. The highest BCUT2D eigenvalue weighted by Crippen LogP contribution is 2.30. The van der Waals surface area contributed by atoms with Crippen LogP contribution in [0.5, 0.6) is 0 Å². The summed E-state index contributed by atoms with van der Waals surface area (Å²) in [7, 11) is 0. The van der Waals surface area contributed by atoms with Crippen LogP contribution in [0.3, 0.4) is 0 Å². The maximum atomic E-state index is 12.4. The first-order valence-electron chi connectivity index (χ1n) is 7.51. The molecule has 7 heteroatoms. The number of ether oxygens (including phenoxy) is 2. The van der Waals surface area contributed by atoms with Crippen LogP contribution in [0.15, 0.2) is 0 Å². The van der Waals surface area contributed by atoms with Gasteiger partial charge in [0.25, 0.3) is 0 Å². The van der Waals surface area contributed by atoms with Crippen LogP contribution in [0.2, 0.25) is 0 Å². The summed E-state index contributed by atoms with van der Waals surface area (Å²) in [5.41, 5.74) is -1.55. The molecule has 7 nitrogen and oxygen atoms in total. The Morgan fingerprint density at radius 3 is 2.13 bits per heavy atom. The van der Waals surface area contributed by atoms with Crippen molar-refractivity contribution in [3.63, 3.8) is 0 Å². The molecule has 1 aliphatic rings. The summed E-state index contributed by atoms with van der Waals surface area (Å²) in [6, 6.07) is 0.844.